The van der Waals surface area contributed by atoms with Gasteiger partial charge in [-0.25, -0.2) is 0 Å². The van der Waals surface area contributed by atoms with Crippen molar-refractivity contribution in [2.75, 3.05) is 19.8 Å². The van der Waals surface area contributed by atoms with Gasteiger partial charge >= 0.3 is 0 Å². The third kappa shape index (κ3) is 4.99. The molecule has 0 saturated carbocycles. The normalized spacial score (nSPS) is 11.2. The Balaban J connectivity index is 2.07. The summed E-state index contributed by atoms with van der Waals surface area (Å²) in [7, 11) is 0.913. The summed E-state index contributed by atoms with van der Waals surface area (Å²) in [6.07, 6.45) is 0. The minimum atomic E-state index is 0.657. The average Bonchev–Trinajstić information content (AvgIpc) is 2.19. The quantitative estimate of drug-likeness (QED) is 0.514. The first kappa shape index (κ1) is 10.6. The molecule has 0 aliphatic carbocycles. The first-order chi connectivity index (χ1) is 6.43. The van der Waals surface area contributed by atoms with Crippen molar-refractivity contribution in [2.24, 2.45) is 0 Å². The zero-order valence-corrected chi connectivity index (χ0v) is 8.67. The smallest absolute Gasteiger partial charge is 0.0671 e. The van der Waals surface area contributed by atoms with Gasteiger partial charge in [0.05, 0.1) is 6.61 Å². The van der Waals surface area contributed by atoms with Gasteiger partial charge in [-0.2, -0.15) is 5.30 Å². The molecule has 72 valence electrons. The van der Waals surface area contributed by atoms with E-state index in [1.807, 2.05) is 37.3 Å². The van der Waals surface area contributed by atoms with Crippen LogP contribution in [0, 0.1) is 0 Å². The lowest BCUT2D eigenvalue weighted by Gasteiger charge is -2.19. The fourth-order valence-electron chi connectivity index (χ4n) is 0.850. The van der Waals surface area contributed by atoms with E-state index in [0.717, 1.165) is 15.4 Å². The standard InChI is InChI=1S/C10H14O2P/c1-2-11-8-9-12-13-10-6-4-3-5-7-10/h3-7H,2,8-9H2,1H3/q-1. The summed E-state index contributed by atoms with van der Waals surface area (Å²) in [5.74, 6) is 0. The summed E-state index contributed by atoms with van der Waals surface area (Å²) in [6.45, 7) is 4.07. The van der Waals surface area contributed by atoms with E-state index < -0.39 is 0 Å². The fraction of sp³-hybridized carbons (Fsp3) is 0.400. The molecular weight excluding hydrogens is 183 g/mol. The lowest BCUT2D eigenvalue weighted by molar-refractivity contribution is 0.116. The van der Waals surface area contributed by atoms with Crippen molar-refractivity contribution in [3.8, 4) is 0 Å². The number of hydrogen-bond donors (Lipinski definition) is 0. The molecule has 0 aliphatic rings. The molecule has 2 nitrogen and oxygen atoms in total. The van der Waals surface area contributed by atoms with E-state index in [2.05, 4.69) is 0 Å². The van der Waals surface area contributed by atoms with E-state index in [9.17, 15) is 0 Å². The van der Waals surface area contributed by atoms with Crippen LogP contribution in [0.5, 0.6) is 0 Å². The van der Waals surface area contributed by atoms with Gasteiger partial charge in [-0.15, -0.1) is 0 Å². The van der Waals surface area contributed by atoms with Gasteiger partial charge in [0.25, 0.3) is 0 Å². The SMILES string of the molecule is CCOCCO[P-]c1ccccc1. The largest absolute Gasteiger partial charge is 0.551 e. The van der Waals surface area contributed by atoms with Gasteiger partial charge in [-0.1, -0.05) is 30.3 Å². The molecule has 0 unspecified atom stereocenters. The van der Waals surface area contributed by atoms with Crippen LogP contribution in [0.15, 0.2) is 30.3 Å². The van der Waals surface area contributed by atoms with Crippen molar-refractivity contribution in [1.29, 1.82) is 0 Å². The molecule has 0 bridgehead atoms. The zero-order chi connectivity index (χ0) is 9.36. The second-order valence-corrected chi connectivity index (χ2v) is 3.41. The van der Waals surface area contributed by atoms with Crippen LogP contribution in [0.3, 0.4) is 0 Å². The average molecular weight is 197 g/mol. The molecule has 0 aromatic heterocycles. The molecule has 0 fully saturated rings. The third-order valence-electron chi connectivity index (χ3n) is 1.45. The number of benzene rings is 1. The molecule has 0 aliphatic heterocycles. The highest BCUT2D eigenvalue weighted by Crippen LogP contribution is 2.10. The van der Waals surface area contributed by atoms with Crippen LogP contribution in [-0.2, 0) is 9.26 Å². The van der Waals surface area contributed by atoms with Crippen molar-refractivity contribution in [2.45, 2.75) is 6.92 Å². The lowest BCUT2D eigenvalue weighted by Crippen LogP contribution is -2.01. The number of ether oxygens (including phenoxy) is 1. The Bertz CT molecular complexity index is 213. The molecule has 0 spiro atoms. The van der Waals surface area contributed by atoms with E-state index in [1.54, 1.807) is 0 Å². The molecule has 13 heavy (non-hydrogen) atoms. The number of hydrogen-bond acceptors (Lipinski definition) is 2. The van der Waals surface area contributed by atoms with Crippen molar-refractivity contribution in [1.82, 2.24) is 0 Å². The Morgan fingerprint density at radius 1 is 1.15 bits per heavy atom. The first-order valence-corrected chi connectivity index (χ1v) is 5.20. The summed E-state index contributed by atoms with van der Waals surface area (Å²) in [5.41, 5.74) is 0. The summed E-state index contributed by atoms with van der Waals surface area (Å²) < 4.78 is 10.5. The molecule has 1 aromatic rings. The van der Waals surface area contributed by atoms with Crippen LogP contribution in [0.25, 0.3) is 0 Å². The Hall–Kier alpha value is -0.430. The Kier molecular flexibility index (Phi) is 5.75. The van der Waals surface area contributed by atoms with Crippen molar-refractivity contribution >= 4 is 14.1 Å². The van der Waals surface area contributed by atoms with Crippen LogP contribution in [0.4, 0.5) is 0 Å². The minimum absolute atomic E-state index is 0.657. The summed E-state index contributed by atoms with van der Waals surface area (Å²) >= 11 is 0. The van der Waals surface area contributed by atoms with Gasteiger partial charge in [0, 0.05) is 13.2 Å². The van der Waals surface area contributed by atoms with E-state index in [0.29, 0.717) is 13.2 Å². The van der Waals surface area contributed by atoms with Crippen molar-refractivity contribution in [3.63, 3.8) is 0 Å². The third-order valence-corrected chi connectivity index (χ3v) is 2.27. The van der Waals surface area contributed by atoms with Crippen LogP contribution < -0.4 is 5.30 Å². The highest BCUT2D eigenvalue weighted by atomic mass is 31.1. The van der Waals surface area contributed by atoms with Gasteiger partial charge in [0.2, 0.25) is 0 Å². The van der Waals surface area contributed by atoms with Gasteiger partial charge in [0.15, 0.2) is 0 Å². The Morgan fingerprint density at radius 2 is 1.92 bits per heavy atom. The molecule has 0 saturated heterocycles. The summed E-state index contributed by atoms with van der Waals surface area (Å²) in [5, 5.41) is 1.18. The second-order valence-electron chi connectivity index (χ2n) is 2.46. The van der Waals surface area contributed by atoms with Gasteiger partial charge in [-0.3, -0.25) is 0 Å². The maximum absolute atomic E-state index is 5.37. The van der Waals surface area contributed by atoms with Crippen LogP contribution in [0.1, 0.15) is 6.92 Å². The van der Waals surface area contributed by atoms with Crippen LogP contribution >= 0.6 is 8.81 Å². The Labute approximate surface area is 81.1 Å². The fourth-order valence-corrected chi connectivity index (χ4v) is 1.46. The molecule has 0 N–H and O–H groups in total. The van der Waals surface area contributed by atoms with Crippen LogP contribution in [0.2, 0.25) is 0 Å². The monoisotopic (exact) mass is 197 g/mol. The molecule has 0 amide bonds. The van der Waals surface area contributed by atoms with E-state index in [1.165, 1.54) is 5.30 Å². The van der Waals surface area contributed by atoms with E-state index in [-0.39, 0.29) is 0 Å². The van der Waals surface area contributed by atoms with Crippen molar-refractivity contribution < 1.29 is 9.26 Å². The van der Waals surface area contributed by atoms with Gasteiger partial charge in [-0.05, 0) is 6.92 Å². The molecule has 3 heteroatoms. The molecule has 0 radical (unpaired) electrons. The minimum Gasteiger partial charge on any atom is -0.551 e. The Morgan fingerprint density at radius 3 is 2.62 bits per heavy atom. The summed E-state index contributed by atoms with van der Waals surface area (Å²) in [4.78, 5) is 0. The van der Waals surface area contributed by atoms with Crippen LogP contribution in [-0.4, -0.2) is 19.8 Å². The lowest BCUT2D eigenvalue weighted by atomic mass is 10.4. The van der Waals surface area contributed by atoms with Gasteiger partial charge < -0.3 is 18.1 Å². The predicted octanol–water partition coefficient (Wildman–Crippen LogP) is 2.23. The molecule has 1 rings (SSSR count). The highest BCUT2D eigenvalue weighted by molar-refractivity contribution is 7.41. The van der Waals surface area contributed by atoms with Gasteiger partial charge in [0.1, 0.15) is 0 Å². The predicted molar refractivity (Wildman–Crippen MR) is 55.4 cm³/mol. The zero-order valence-electron chi connectivity index (χ0n) is 7.77. The highest BCUT2D eigenvalue weighted by Gasteiger charge is 1.79. The molecule has 1 aromatic carbocycles. The second kappa shape index (κ2) is 7.02. The first-order valence-electron chi connectivity index (χ1n) is 4.39. The van der Waals surface area contributed by atoms with E-state index in [4.69, 9.17) is 9.26 Å². The summed E-state index contributed by atoms with van der Waals surface area (Å²) in [6, 6.07) is 10.1. The molecule has 0 heterocycles. The molecular formula is C10H14O2P-. The number of rotatable bonds is 6. The topological polar surface area (TPSA) is 18.5 Å². The van der Waals surface area contributed by atoms with E-state index >= 15 is 0 Å². The van der Waals surface area contributed by atoms with Crippen molar-refractivity contribution in [3.05, 3.63) is 30.3 Å². The maximum atomic E-state index is 5.37. The maximum Gasteiger partial charge on any atom is 0.0671 e. The molecule has 0 atom stereocenters.